The zero-order valence-corrected chi connectivity index (χ0v) is 7.61. The third-order valence-electron chi connectivity index (χ3n) is 1.72. The van der Waals surface area contributed by atoms with Gasteiger partial charge in [-0.05, 0) is 11.6 Å². The van der Waals surface area contributed by atoms with Crippen molar-refractivity contribution in [2.24, 2.45) is 0 Å². The van der Waals surface area contributed by atoms with Crippen molar-refractivity contribution in [1.29, 1.82) is 0 Å². The highest BCUT2D eigenvalue weighted by Gasteiger charge is 2.13. The molecule has 1 N–H and O–H groups in total. The number of carbonyl (C=O) groups is 1. The predicted molar refractivity (Wildman–Crippen MR) is 45.8 cm³/mol. The molecule has 1 rings (SSSR count). The number of aliphatic hydroxyl groups excluding tert-OH is 1. The molecule has 0 radical (unpaired) electrons. The topological polar surface area (TPSA) is 59.4 Å². The van der Waals surface area contributed by atoms with E-state index in [1.54, 1.807) is 0 Å². The number of rotatable bonds is 3. The molecule has 0 aliphatic rings. The lowest BCUT2D eigenvalue weighted by atomic mass is 10.1. The summed E-state index contributed by atoms with van der Waals surface area (Å²) in [6.07, 6.45) is 0.0165. The fourth-order valence-corrected chi connectivity index (χ4v) is 0.943. The van der Waals surface area contributed by atoms with E-state index < -0.39 is 18.0 Å². The van der Waals surface area contributed by atoms with Gasteiger partial charge >= 0.3 is 5.97 Å². The Bertz CT molecular complexity index is 312. The first-order valence-corrected chi connectivity index (χ1v) is 4.00. The van der Waals surface area contributed by atoms with Crippen LogP contribution in [0.25, 0.3) is 0 Å². The molecule has 0 saturated heterocycles. The molecule has 0 aliphatic carbocycles. The van der Waals surface area contributed by atoms with Gasteiger partial charge in [0.1, 0.15) is 0 Å². The summed E-state index contributed by atoms with van der Waals surface area (Å²) in [6.45, 7) is 0. The normalized spacial score (nSPS) is 12.2. The summed E-state index contributed by atoms with van der Waals surface area (Å²) in [6, 6.07) is 2.49. The van der Waals surface area contributed by atoms with E-state index in [-0.39, 0.29) is 6.42 Å². The van der Waals surface area contributed by atoms with E-state index in [0.29, 0.717) is 5.56 Å². The fourth-order valence-electron chi connectivity index (χ4n) is 0.943. The summed E-state index contributed by atoms with van der Waals surface area (Å²) in [4.78, 5) is 14.1. The number of methoxy groups -OCH3 is 1. The van der Waals surface area contributed by atoms with Gasteiger partial charge in [0.25, 0.3) is 0 Å². The van der Waals surface area contributed by atoms with Crippen molar-refractivity contribution in [3.8, 4) is 0 Å². The van der Waals surface area contributed by atoms with Crippen molar-refractivity contribution < 1.29 is 19.0 Å². The second-order valence-corrected chi connectivity index (χ2v) is 2.71. The lowest BCUT2D eigenvalue weighted by Gasteiger charge is -2.08. The molecular weight excluding hydrogens is 189 g/mol. The molecule has 1 heterocycles. The summed E-state index contributed by atoms with van der Waals surface area (Å²) in [5.74, 6) is -1.15. The Morgan fingerprint density at radius 3 is 2.93 bits per heavy atom. The smallest absolute Gasteiger partial charge is 0.308 e. The summed E-state index contributed by atoms with van der Waals surface area (Å²) >= 11 is 0. The third-order valence-corrected chi connectivity index (χ3v) is 1.72. The van der Waals surface area contributed by atoms with Crippen LogP contribution in [0.15, 0.2) is 18.3 Å². The molecule has 4 nitrogen and oxygen atoms in total. The van der Waals surface area contributed by atoms with Gasteiger partial charge in [-0.1, -0.05) is 6.07 Å². The minimum Gasteiger partial charge on any atom is -0.469 e. The maximum atomic E-state index is 12.4. The first kappa shape index (κ1) is 10.6. The Hall–Kier alpha value is -1.49. The van der Waals surface area contributed by atoms with Crippen molar-refractivity contribution in [2.75, 3.05) is 7.11 Å². The Balaban J connectivity index is 2.65. The second-order valence-electron chi connectivity index (χ2n) is 2.71. The maximum Gasteiger partial charge on any atom is 0.308 e. The average Bonchev–Trinajstić information content (AvgIpc) is 2.18. The number of nitrogens with zero attached hydrogens (tertiary/aromatic N) is 1. The lowest BCUT2D eigenvalue weighted by Crippen LogP contribution is -2.08. The van der Waals surface area contributed by atoms with Crippen LogP contribution in [-0.4, -0.2) is 23.2 Å². The largest absolute Gasteiger partial charge is 0.469 e. The van der Waals surface area contributed by atoms with Crippen LogP contribution in [0.3, 0.4) is 0 Å². The van der Waals surface area contributed by atoms with Gasteiger partial charge < -0.3 is 9.84 Å². The van der Waals surface area contributed by atoms with Crippen LogP contribution < -0.4 is 0 Å². The van der Waals surface area contributed by atoms with E-state index in [1.165, 1.54) is 19.4 Å². The Kier molecular flexibility index (Phi) is 3.53. The molecule has 0 saturated carbocycles. The van der Waals surface area contributed by atoms with E-state index in [4.69, 9.17) is 0 Å². The molecular formula is C9H10FNO3. The Labute approximate surface area is 80.3 Å². The number of pyridine rings is 1. The molecule has 0 bridgehead atoms. The van der Waals surface area contributed by atoms with Gasteiger partial charge in [0.15, 0.2) is 0 Å². The molecule has 1 atom stereocenters. The summed E-state index contributed by atoms with van der Waals surface area (Å²) < 4.78 is 16.8. The zero-order valence-electron chi connectivity index (χ0n) is 7.61. The number of hydrogen-bond donors (Lipinski definition) is 1. The molecule has 0 aliphatic heterocycles. The van der Waals surface area contributed by atoms with E-state index in [1.807, 2.05) is 0 Å². The van der Waals surface area contributed by atoms with Gasteiger partial charge in [-0.2, -0.15) is 4.39 Å². The number of aliphatic hydroxyl groups is 1. The monoisotopic (exact) mass is 199 g/mol. The molecule has 0 aromatic carbocycles. The molecule has 1 unspecified atom stereocenters. The molecule has 1 aromatic heterocycles. The van der Waals surface area contributed by atoms with E-state index in [0.717, 1.165) is 6.07 Å². The van der Waals surface area contributed by atoms with Crippen LogP contribution >= 0.6 is 0 Å². The molecule has 5 heteroatoms. The number of carbonyl (C=O) groups excluding carboxylic acids is 1. The van der Waals surface area contributed by atoms with Crippen LogP contribution in [0, 0.1) is 5.95 Å². The molecule has 14 heavy (non-hydrogen) atoms. The van der Waals surface area contributed by atoms with Crippen LogP contribution in [0.1, 0.15) is 18.1 Å². The highest BCUT2D eigenvalue weighted by molar-refractivity contribution is 5.69. The quantitative estimate of drug-likeness (QED) is 0.578. The van der Waals surface area contributed by atoms with Crippen molar-refractivity contribution in [3.05, 3.63) is 29.8 Å². The van der Waals surface area contributed by atoms with Crippen LogP contribution in [-0.2, 0) is 9.53 Å². The van der Waals surface area contributed by atoms with Crippen molar-refractivity contribution in [2.45, 2.75) is 12.5 Å². The van der Waals surface area contributed by atoms with E-state index >= 15 is 0 Å². The number of aromatic nitrogens is 1. The van der Waals surface area contributed by atoms with Crippen molar-refractivity contribution in [1.82, 2.24) is 4.98 Å². The first-order valence-electron chi connectivity index (χ1n) is 4.00. The lowest BCUT2D eigenvalue weighted by molar-refractivity contribution is -0.142. The second kappa shape index (κ2) is 4.66. The standard InChI is InChI=1S/C9H10FNO3/c1-14-9(13)4-7(12)6-2-3-8(10)11-5-6/h2-3,5,7,12H,4H2,1H3. The van der Waals surface area contributed by atoms with Crippen molar-refractivity contribution >= 4 is 5.97 Å². The highest BCUT2D eigenvalue weighted by atomic mass is 19.1. The molecule has 1 aromatic rings. The average molecular weight is 199 g/mol. The summed E-state index contributed by atoms with van der Waals surface area (Å²) in [5, 5.41) is 9.45. The minimum absolute atomic E-state index is 0.163. The van der Waals surface area contributed by atoms with Crippen LogP contribution in [0.5, 0.6) is 0 Å². The SMILES string of the molecule is COC(=O)CC(O)c1ccc(F)nc1. The number of esters is 1. The molecule has 0 amide bonds. The van der Waals surface area contributed by atoms with E-state index in [2.05, 4.69) is 9.72 Å². The number of hydrogen-bond acceptors (Lipinski definition) is 4. The molecule has 0 spiro atoms. The Morgan fingerprint density at radius 1 is 1.71 bits per heavy atom. The van der Waals surface area contributed by atoms with E-state index in [9.17, 15) is 14.3 Å². The molecule has 76 valence electrons. The van der Waals surface area contributed by atoms with Gasteiger partial charge in [0.2, 0.25) is 5.95 Å². The fraction of sp³-hybridized carbons (Fsp3) is 0.333. The van der Waals surface area contributed by atoms with Crippen LogP contribution in [0.4, 0.5) is 4.39 Å². The molecule has 0 fully saturated rings. The van der Waals surface area contributed by atoms with Crippen molar-refractivity contribution in [3.63, 3.8) is 0 Å². The zero-order chi connectivity index (χ0) is 10.6. The first-order chi connectivity index (χ1) is 6.63. The van der Waals surface area contributed by atoms with Gasteiger partial charge in [-0.15, -0.1) is 0 Å². The van der Waals surface area contributed by atoms with Gasteiger partial charge in [0, 0.05) is 6.20 Å². The van der Waals surface area contributed by atoms with Gasteiger partial charge in [-0.3, -0.25) is 4.79 Å². The Morgan fingerprint density at radius 2 is 2.43 bits per heavy atom. The van der Waals surface area contributed by atoms with Crippen LogP contribution in [0.2, 0.25) is 0 Å². The van der Waals surface area contributed by atoms with Gasteiger partial charge in [0.05, 0.1) is 19.6 Å². The highest BCUT2D eigenvalue weighted by Crippen LogP contribution is 2.15. The third kappa shape index (κ3) is 2.77. The van der Waals surface area contributed by atoms with Gasteiger partial charge in [-0.25, -0.2) is 4.98 Å². The summed E-state index contributed by atoms with van der Waals surface area (Å²) in [5.41, 5.74) is 0.386. The predicted octanol–water partition coefficient (Wildman–Crippen LogP) is 0.817. The number of ether oxygens (including phenoxy) is 1. The maximum absolute atomic E-state index is 12.4. The minimum atomic E-state index is -1.00. The summed E-state index contributed by atoms with van der Waals surface area (Å²) in [7, 11) is 1.23. The number of halogens is 1.